The number of aromatic nitrogens is 2. The second kappa shape index (κ2) is 7.57. The van der Waals surface area contributed by atoms with E-state index in [9.17, 15) is 9.90 Å². The van der Waals surface area contributed by atoms with E-state index in [-0.39, 0.29) is 5.91 Å². The number of para-hydroxylation sites is 1. The quantitative estimate of drug-likeness (QED) is 0.733. The van der Waals surface area contributed by atoms with E-state index in [2.05, 4.69) is 10.4 Å². The van der Waals surface area contributed by atoms with E-state index in [0.717, 1.165) is 11.3 Å². The molecular formula is C19H19N3O2. The van der Waals surface area contributed by atoms with Crippen LogP contribution in [0, 0.1) is 0 Å². The lowest BCUT2D eigenvalue weighted by atomic mass is 10.1. The number of hydrogen-bond donors (Lipinski definition) is 2. The van der Waals surface area contributed by atoms with Crippen LogP contribution in [0.15, 0.2) is 73.1 Å². The van der Waals surface area contributed by atoms with Crippen molar-refractivity contribution in [2.24, 2.45) is 0 Å². The van der Waals surface area contributed by atoms with E-state index < -0.39 is 6.10 Å². The highest BCUT2D eigenvalue weighted by Crippen LogP contribution is 2.16. The molecule has 0 spiro atoms. The van der Waals surface area contributed by atoms with Gasteiger partial charge in [-0.3, -0.25) is 4.79 Å². The molecule has 5 nitrogen and oxygen atoms in total. The van der Waals surface area contributed by atoms with Gasteiger partial charge >= 0.3 is 0 Å². The van der Waals surface area contributed by atoms with Crippen molar-refractivity contribution in [1.29, 1.82) is 0 Å². The van der Waals surface area contributed by atoms with E-state index in [0.29, 0.717) is 18.5 Å². The number of amides is 1. The molecular weight excluding hydrogens is 302 g/mol. The molecule has 0 saturated heterocycles. The molecule has 3 rings (SSSR count). The van der Waals surface area contributed by atoms with Gasteiger partial charge in [-0.15, -0.1) is 0 Å². The van der Waals surface area contributed by atoms with Gasteiger partial charge in [0, 0.05) is 18.9 Å². The van der Waals surface area contributed by atoms with Crippen LogP contribution in [0.1, 0.15) is 28.4 Å². The fourth-order valence-electron chi connectivity index (χ4n) is 2.54. The molecule has 5 heteroatoms. The Morgan fingerprint density at radius 2 is 1.83 bits per heavy atom. The first kappa shape index (κ1) is 16.0. The first-order chi connectivity index (χ1) is 11.8. The van der Waals surface area contributed by atoms with E-state index in [4.69, 9.17) is 0 Å². The van der Waals surface area contributed by atoms with Crippen LogP contribution in [-0.2, 0) is 0 Å². The molecule has 0 radical (unpaired) electrons. The number of hydrogen-bond acceptors (Lipinski definition) is 3. The van der Waals surface area contributed by atoms with Gasteiger partial charge in [-0.25, -0.2) is 4.68 Å². The van der Waals surface area contributed by atoms with Crippen LogP contribution in [0.5, 0.6) is 0 Å². The monoisotopic (exact) mass is 321 g/mol. The van der Waals surface area contributed by atoms with Crippen molar-refractivity contribution in [2.45, 2.75) is 12.5 Å². The minimum Gasteiger partial charge on any atom is -0.388 e. The Hall–Kier alpha value is -2.92. The minimum atomic E-state index is -0.590. The Bertz CT molecular complexity index is 785. The van der Waals surface area contributed by atoms with Crippen LogP contribution in [0.3, 0.4) is 0 Å². The number of carbonyl (C=O) groups is 1. The highest BCUT2D eigenvalue weighted by Gasteiger charge is 2.13. The van der Waals surface area contributed by atoms with E-state index >= 15 is 0 Å². The SMILES string of the molecule is O=C(NCCC(O)c1ccccc1)c1ccccc1-n1cccn1. The number of rotatable bonds is 6. The Morgan fingerprint density at radius 3 is 2.58 bits per heavy atom. The van der Waals surface area contributed by atoms with E-state index in [1.807, 2.05) is 54.6 Å². The molecule has 122 valence electrons. The first-order valence-electron chi connectivity index (χ1n) is 7.86. The van der Waals surface area contributed by atoms with Crippen LogP contribution in [0.4, 0.5) is 0 Å². The Labute approximate surface area is 140 Å². The fourth-order valence-corrected chi connectivity index (χ4v) is 2.54. The summed E-state index contributed by atoms with van der Waals surface area (Å²) in [5.74, 6) is -0.179. The average Bonchev–Trinajstić information content (AvgIpc) is 3.17. The molecule has 0 saturated carbocycles. The lowest BCUT2D eigenvalue weighted by Gasteiger charge is -2.13. The first-order valence-corrected chi connectivity index (χ1v) is 7.86. The molecule has 0 aliphatic rings. The minimum absolute atomic E-state index is 0.179. The number of nitrogens with zero attached hydrogens (tertiary/aromatic N) is 2. The standard InChI is InChI=1S/C19H19N3O2/c23-18(15-7-2-1-3-8-15)11-13-20-19(24)16-9-4-5-10-17(16)22-14-6-12-21-22/h1-10,12,14,18,23H,11,13H2,(H,20,24). The van der Waals surface area contributed by atoms with Gasteiger partial charge in [-0.05, 0) is 30.2 Å². The van der Waals surface area contributed by atoms with Gasteiger partial charge in [0.1, 0.15) is 0 Å². The van der Waals surface area contributed by atoms with E-state index in [1.54, 1.807) is 23.1 Å². The van der Waals surface area contributed by atoms with Crippen molar-refractivity contribution in [3.63, 3.8) is 0 Å². The average molecular weight is 321 g/mol. The molecule has 0 aliphatic carbocycles. The van der Waals surface area contributed by atoms with Gasteiger partial charge < -0.3 is 10.4 Å². The molecule has 2 N–H and O–H groups in total. The van der Waals surface area contributed by atoms with Crippen LogP contribution in [0.25, 0.3) is 5.69 Å². The van der Waals surface area contributed by atoms with Crippen molar-refractivity contribution in [2.75, 3.05) is 6.54 Å². The second-order valence-electron chi connectivity index (χ2n) is 5.44. The van der Waals surface area contributed by atoms with Crippen molar-refractivity contribution in [1.82, 2.24) is 15.1 Å². The van der Waals surface area contributed by atoms with Crippen molar-refractivity contribution in [3.8, 4) is 5.69 Å². The topological polar surface area (TPSA) is 67.2 Å². The molecule has 1 atom stereocenters. The maximum atomic E-state index is 12.4. The van der Waals surface area contributed by atoms with Crippen molar-refractivity contribution < 1.29 is 9.90 Å². The molecule has 1 unspecified atom stereocenters. The second-order valence-corrected chi connectivity index (χ2v) is 5.44. The van der Waals surface area contributed by atoms with Gasteiger partial charge in [-0.2, -0.15) is 5.10 Å². The summed E-state index contributed by atoms with van der Waals surface area (Å²) in [6.07, 6.45) is 3.34. The Balaban J connectivity index is 1.62. The summed E-state index contributed by atoms with van der Waals surface area (Å²) in [7, 11) is 0. The largest absolute Gasteiger partial charge is 0.388 e. The number of aliphatic hydroxyl groups excluding tert-OH is 1. The molecule has 2 aromatic carbocycles. The third-order valence-electron chi connectivity index (χ3n) is 3.79. The van der Waals surface area contributed by atoms with Gasteiger partial charge in [0.05, 0.1) is 17.4 Å². The Morgan fingerprint density at radius 1 is 1.08 bits per heavy atom. The lowest BCUT2D eigenvalue weighted by Crippen LogP contribution is -2.26. The molecule has 1 amide bonds. The predicted octanol–water partition coefficient (Wildman–Crippen LogP) is 2.73. The van der Waals surface area contributed by atoms with Gasteiger partial charge in [0.25, 0.3) is 5.91 Å². The van der Waals surface area contributed by atoms with Crippen LogP contribution in [-0.4, -0.2) is 27.3 Å². The summed E-state index contributed by atoms with van der Waals surface area (Å²) in [6, 6.07) is 18.5. The zero-order chi connectivity index (χ0) is 16.8. The Kier molecular flexibility index (Phi) is 5.03. The number of benzene rings is 2. The molecule has 24 heavy (non-hydrogen) atoms. The molecule has 3 aromatic rings. The summed E-state index contributed by atoms with van der Waals surface area (Å²) >= 11 is 0. The third kappa shape index (κ3) is 3.70. The third-order valence-corrected chi connectivity index (χ3v) is 3.79. The normalized spacial score (nSPS) is 11.9. The molecule has 0 fully saturated rings. The molecule has 1 aromatic heterocycles. The summed E-state index contributed by atoms with van der Waals surface area (Å²) in [5, 5.41) is 17.2. The molecule has 0 bridgehead atoms. The predicted molar refractivity (Wildman–Crippen MR) is 91.9 cm³/mol. The van der Waals surface area contributed by atoms with Crippen molar-refractivity contribution in [3.05, 3.63) is 84.2 Å². The highest BCUT2D eigenvalue weighted by molar-refractivity contribution is 5.97. The maximum Gasteiger partial charge on any atom is 0.253 e. The number of carbonyl (C=O) groups excluding carboxylic acids is 1. The van der Waals surface area contributed by atoms with Gasteiger partial charge in [-0.1, -0.05) is 42.5 Å². The van der Waals surface area contributed by atoms with E-state index in [1.165, 1.54) is 0 Å². The number of nitrogens with one attached hydrogen (secondary N) is 1. The molecule has 0 aliphatic heterocycles. The smallest absolute Gasteiger partial charge is 0.253 e. The van der Waals surface area contributed by atoms with Gasteiger partial charge in [0.2, 0.25) is 0 Å². The van der Waals surface area contributed by atoms with Crippen LogP contribution >= 0.6 is 0 Å². The summed E-state index contributed by atoms with van der Waals surface area (Å²) < 4.78 is 1.66. The zero-order valence-electron chi connectivity index (χ0n) is 13.2. The maximum absolute atomic E-state index is 12.4. The summed E-state index contributed by atoms with van der Waals surface area (Å²) in [4.78, 5) is 12.4. The summed E-state index contributed by atoms with van der Waals surface area (Å²) in [6.45, 7) is 0.391. The van der Waals surface area contributed by atoms with Gasteiger partial charge in [0.15, 0.2) is 0 Å². The lowest BCUT2D eigenvalue weighted by molar-refractivity contribution is 0.0942. The highest BCUT2D eigenvalue weighted by atomic mass is 16.3. The van der Waals surface area contributed by atoms with Crippen LogP contribution in [0.2, 0.25) is 0 Å². The summed E-state index contributed by atoms with van der Waals surface area (Å²) in [5.41, 5.74) is 2.13. The number of aliphatic hydroxyl groups is 1. The molecule has 1 heterocycles. The van der Waals surface area contributed by atoms with Crippen molar-refractivity contribution >= 4 is 5.91 Å². The fraction of sp³-hybridized carbons (Fsp3) is 0.158. The van der Waals surface area contributed by atoms with Crippen LogP contribution < -0.4 is 5.32 Å². The zero-order valence-corrected chi connectivity index (χ0v) is 13.2.